The van der Waals surface area contributed by atoms with Crippen molar-refractivity contribution in [1.29, 1.82) is 0 Å². The number of rotatable bonds is 8. The van der Waals surface area contributed by atoms with Gasteiger partial charge in [0.2, 0.25) is 0 Å². The van der Waals surface area contributed by atoms with Crippen LogP contribution in [0.25, 0.3) is 0 Å². The van der Waals surface area contributed by atoms with E-state index in [1.165, 1.54) is 24.8 Å². The van der Waals surface area contributed by atoms with Crippen LogP contribution in [-0.2, 0) is 6.54 Å². The molecule has 3 nitrogen and oxygen atoms in total. The van der Waals surface area contributed by atoms with Gasteiger partial charge in [-0.25, -0.2) is 0 Å². The van der Waals surface area contributed by atoms with Crippen molar-refractivity contribution in [2.45, 2.75) is 59.0 Å². The summed E-state index contributed by atoms with van der Waals surface area (Å²) in [4.78, 5) is 0. The van der Waals surface area contributed by atoms with Crippen molar-refractivity contribution >= 4 is 0 Å². The zero-order chi connectivity index (χ0) is 11.8. The highest BCUT2D eigenvalue weighted by Gasteiger charge is 2.11. The lowest BCUT2D eigenvalue weighted by Gasteiger charge is -2.15. The van der Waals surface area contributed by atoms with Crippen LogP contribution < -0.4 is 5.32 Å². The van der Waals surface area contributed by atoms with E-state index in [4.69, 9.17) is 0 Å². The van der Waals surface area contributed by atoms with Gasteiger partial charge in [0.15, 0.2) is 0 Å². The Labute approximate surface area is 99.2 Å². The van der Waals surface area contributed by atoms with E-state index in [0.717, 1.165) is 19.5 Å². The number of hydrogen-bond donors (Lipinski definition) is 1. The summed E-state index contributed by atoms with van der Waals surface area (Å²) in [5, 5.41) is 7.98. The summed E-state index contributed by atoms with van der Waals surface area (Å²) in [7, 11) is 0. The van der Waals surface area contributed by atoms with Crippen LogP contribution in [0.1, 0.15) is 58.1 Å². The van der Waals surface area contributed by atoms with Crippen molar-refractivity contribution in [3.8, 4) is 0 Å². The number of nitrogens with one attached hydrogen (secondary N) is 1. The third kappa shape index (κ3) is 3.97. The van der Waals surface area contributed by atoms with Crippen LogP contribution >= 0.6 is 0 Å². The summed E-state index contributed by atoms with van der Waals surface area (Å²) in [5.74, 6) is 0. The number of hydrogen-bond acceptors (Lipinski definition) is 2. The second kappa shape index (κ2) is 7.44. The Bertz CT molecular complexity index is 280. The predicted molar refractivity (Wildman–Crippen MR) is 68.5 cm³/mol. The molecule has 1 aromatic rings. The maximum Gasteiger partial charge on any atom is 0.0537 e. The Balaban J connectivity index is 2.59. The molecular weight excluding hydrogens is 198 g/mol. The number of aryl methyl sites for hydroxylation is 1. The first kappa shape index (κ1) is 13.2. The Kier molecular flexibility index (Phi) is 6.16. The second-order valence-electron chi connectivity index (χ2n) is 4.33. The lowest BCUT2D eigenvalue weighted by Crippen LogP contribution is -2.21. The van der Waals surface area contributed by atoms with E-state index >= 15 is 0 Å². The summed E-state index contributed by atoms with van der Waals surface area (Å²) in [6.45, 7) is 8.73. The van der Waals surface area contributed by atoms with E-state index < -0.39 is 0 Å². The largest absolute Gasteiger partial charge is 0.310 e. The molecule has 92 valence electrons. The zero-order valence-electron chi connectivity index (χ0n) is 10.9. The van der Waals surface area contributed by atoms with Gasteiger partial charge in [-0.05, 0) is 25.8 Å². The topological polar surface area (TPSA) is 29.9 Å². The molecule has 0 amide bonds. The van der Waals surface area contributed by atoms with Crippen molar-refractivity contribution in [2.24, 2.45) is 0 Å². The number of aromatic nitrogens is 2. The molecule has 1 heterocycles. The monoisotopic (exact) mass is 223 g/mol. The average molecular weight is 223 g/mol. The van der Waals surface area contributed by atoms with E-state index in [1.807, 2.05) is 10.9 Å². The quantitative estimate of drug-likeness (QED) is 0.734. The second-order valence-corrected chi connectivity index (χ2v) is 4.33. The molecule has 1 unspecified atom stereocenters. The van der Waals surface area contributed by atoms with Gasteiger partial charge in [-0.1, -0.05) is 27.2 Å². The van der Waals surface area contributed by atoms with Crippen LogP contribution in [0, 0.1) is 0 Å². The van der Waals surface area contributed by atoms with Gasteiger partial charge < -0.3 is 5.32 Å². The van der Waals surface area contributed by atoms with Crippen molar-refractivity contribution < 1.29 is 0 Å². The summed E-state index contributed by atoms with van der Waals surface area (Å²) in [5.41, 5.74) is 1.34. The molecule has 1 aromatic heterocycles. The van der Waals surface area contributed by atoms with Crippen molar-refractivity contribution in [2.75, 3.05) is 6.54 Å². The summed E-state index contributed by atoms with van der Waals surface area (Å²) in [6.07, 6.45) is 8.93. The minimum absolute atomic E-state index is 0.482. The van der Waals surface area contributed by atoms with E-state index in [-0.39, 0.29) is 0 Å². The van der Waals surface area contributed by atoms with Crippen LogP contribution in [0.5, 0.6) is 0 Å². The van der Waals surface area contributed by atoms with Gasteiger partial charge in [0.1, 0.15) is 0 Å². The highest BCUT2D eigenvalue weighted by molar-refractivity contribution is 5.10. The molecule has 0 radical (unpaired) electrons. The van der Waals surface area contributed by atoms with Crippen molar-refractivity contribution in [3.63, 3.8) is 0 Å². The molecule has 0 aliphatic rings. The average Bonchev–Trinajstić information content (AvgIpc) is 2.73. The Morgan fingerprint density at radius 3 is 2.69 bits per heavy atom. The predicted octanol–water partition coefficient (Wildman–Crippen LogP) is 3.13. The number of nitrogens with zero attached hydrogens (tertiary/aromatic N) is 2. The molecule has 0 spiro atoms. The third-order valence-electron chi connectivity index (χ3n) is 2.73. The van der Waals surface area contributed by atoms with Gasteiger partial charge in [-0.2, -0.15) is 5.10 Å². The highest BCUT2D eigenvalue weighted by atomic mass is 15.3. The molecule has 3 heteroatoms. The molecule has 0 aliphatic heterocycles. The van der Waals surface area contributed by atoms with Crippen LogP contribution in [0.3, 0.4) is 0 Å². The molecule has 16 heavy (non-hydrogen) atoms. The Morgan fingerprint density at radius 2 is 2.06 bits per heavy atom. The maximum atomic E-state index is 4.39. The van der Waals surface area contributed by atoms with E-state index in [1.54, 1.807) is 0 Å². The minimum Gasteiger partial charge on any atom is -0.310 e. The smallest absolute Gasteiger partial charge is 0.0537 e. The van der Waals surface area contributed by atoms with E-state index in [2.05, 4.69) is 37.4 Å². The summed E-state index contributed by atoms with van der Waals surface area (Å²) >= 11 is 0. The molecular formula is C13H25N3. The maximum absolute atomic E-state index is 4.39. The molecule has 0 aliphatic carbocycles. The van der Waals surface area contributed by atoms with Gasteiger partial charge in [-0.3, -0.25) is 4.68 Å². The van der Waals surface area contributed by atoms with E-state index in [0.29, 0.717) is 6.04 Å². The first-order chi connectivity index (χ1) is 7.81. The van der Waals surface area contributed by atoms with Gasteiger partial charge in [0.05, 0.1) is 6.20 Å². The molecule has 1 atom stereocenters. The molecule has 0 bridgehead atoms. The lowest BCUT2D eigenvalue weighted by atomic mass is 10.1. The summed E-state index contributed by atoms with van der Waals surface area (Å²) < 4.78 is 2.05. The molecule has 0 aromatic carbocycles. The lowest BCUT2D eigenvalue weighted by molar-refractivity contribution is 0.493. The Morgan fingerprint density at radius 1 is 1.25 bits per heavy atom. The fourth-order valence-corrected chi connectivity index (χ4v) is 1.90. The summed E-state index contributed by atoms with van der Waals surface area (Å²) in [6, 6.07) is 0.482. The normalized spacial score (nSPS) is 12.9. The van der Waals surface area contributed by atoms with E-state index in [9.17, 15) is 0 Å². The Hall–Kier alpha value is -0.830. The fraction of sp³-hybridized carbons (Fsp3) is 0.769. The molecule has 1 N–H and O–H groups in total. The molecule has 0 saturated carbocycles. The molecule has 0 saturated heterocycles. The van der Waals surface area contributed by atoms with Crippen LogP contribution in [-0.4, -0.2) is 16.3 Å². The van der Waals surface area contributed by atoms with Gasteiger partial charge >= 0.3 is 0 Å². The van der Waals surface area contributed by atoms with Gasteiger partial charge in [0, 0.05) is 24.3 Å². The fourth-order valence-electron chi connectivity index (χ4n) is 1.90. The SMILES string of the molecule is CCCNC(CCC)c1cnn(CCC)c1. The van der Waals surface area contributed by atoms with Crippen molar-refractivity contribution in [3.05, 3.63) is 18.0 Å². The van der Waals surface area contributed by atoms with Gasteiger partial charge in [0.25, 0.3) is 0 Å². The standard InChI is InChI=1S/C13H25N3/c1-4-7-13(14-8-5-2)12-10-15-16(11-12)9-6-3/h10-11,13-14H,4-9H2,1-3H3. The third-order valence-corrected chi connectivity index (χ3v) is 2.73. The highest BCUT2D eigenvalue weighted by Crippen LogP contribution is 2.17. The molecule has 0 fully saturated rings. The van der Waals surface area contributed by atoms with Crippen molar-refractivity contribution in [1.82, 2.24) is 15.1 Å². The van der Waals surface area contributed by atoms with Crippen LogP contribution in [0.2, 0.25) is 0 Å². The van der Waals surface area contributed by atoms with Crippen LogP contribution in [0.4, 0.5) is 0 Å². The zero-order valence-corrected chi connectivity index (χ0v) is 10.9. The van der Waals surface area contributed by atoms with Gasteiger partial charge in [-0.15, -0.1) is 0 Å². The minimum atomic E-state index is 0.482. The molecule has 1 rings (SSSR count). The first-order valence-corrected chi connectivity index (χ1v) is 6.57. The first-order valence-electron chi connectivity index (χ1n) is 6.57. The van der Waals surface area contributed by atoms with Crippen LogP contribution in [0.15, 0.2) is 12.4 Å².